The molecule has 0 spiro atoms. The zero-order valence-electron chi connectivity index (χ0n) is 69.2. The number of likely N-dealkylation sites (tertiary alicyclic amines) is 1. The molecule has 6 aromatic carbocycles. The molecular formula is C90H96N16O13S4. The summed E-state index contributed by atoms with van der Waals surface area (Å²) in [6, 6.07) is 41.2. The Morgan fingerprint density at radius 3 is 1.21 bits per heavy atom. The van der Waals surface area contributed by atoms with Crippen LogP contribution in [-0.4, -0.2) is 174 Å². The number of carbonyl (C=O) groups excluding carboxylic acids is 4. The highest BCUT2D eigenvalue weighted by atomic mass is 32.2. The van der Waals surface area contributed by atoms with Gasteiger partial charge in [0, 0.05) is 86.0 Å². The molecule has 123 heavy (non-hydrogen) atoms. The number of hydrogen-bond acceptors (Lipinski definition) is 21. The van der Waals surface area contributed by atoms with Crippen molar-refractivity contribution in [3.63, 3.8) is 0 Å². The Balaban J connectivity index is 0.000000142. The van der Waals surface area contributed by atoms with Gasteiger partial charge in [-0.05, 0) is 177 Å². The molecule has 33 heteroatoms. The van der Waals surface area contributed by atoms with Gasteiger partial charge in [-0.2, -0.15) is 0 Å². The van der Waals surface area contributed by atoms with Crippen LogP contribution in [0.25, 0.3) is 89.7 Å². The van der Waals surface area contributed by atoms with E-state index in [0.717, 1.165) is 54.7 Å². The Hall–Kier alpha value is -12.6. The van der Waals surface area contributed by atoms with Gasteiger partial charge in [-0.15, -0.1) is 0 Å². The summed E-state index contributed by atoms with van der Waals surface area (Å²) in [6.07, 6.45) is 19.4. The normalized spacial score (nSPS) is 14.4. The summed E-state index contributed by atoms with van der Waals surface area (Å²) in [5.74, 6) is 0.408. The zero-order chi connectivity index (χ0) is 87.4. The average molecular weight is 1740 g/mol. The number of aromatic amines is 4. The topological polar surface area (TPSA) is 422 Å². The highest BCUT2D eigenvalue weighted by molar-refractivity contribution is 7.92. The van der Waals surface area contributed by atoms with Crippen molar-refractivity contribution < 1.29 is 59.4 Å². The van der Waals surface area contributed by atoms with E-state index in [-0.39, 0.29) is 51.2 Å². The van der Waals surface area contributed by atoms with E-state index in [9.17, 15) is 58.0 Å². The third kappa shape index (κ3) is 18.6. The van der Waals surface area contributed by atoms with Gasteiger partial charge in [0.25, 0.3) is 23.6 Å². The van der Waals surface area contributed by atoms with E-state index in [0.29, 0.717) is 131 Å². The maximum atomic E-state index is 13.5. The molecule has 1 atom stereocenters. The lowest BCUT2D eigenvalue weighted by Crippen LogP contribution is -2.35. The van der Waals surface area contributed by atoms with Gasteiger partial charge in [-0.1, -0.05) is 92.2 Å². The van der Waals surface area contributed by atoms with Gasteiger partial charge in [-0.3, -0.25) is 19.2 Å². The van der Waals surface area contributed by atoms with Crippen molar-refractivity contribution in [1.82, 2.24) is 70.0 Å². The maximum absolute atomic E-state index is 13.5. The van der Waals surface area contributed by atoms with Crippen LogP contribution >= 0.6 is 0 Å². The lowest BCUT2D eigenvalue weighted by Gasteiger charge is -2.29. The minimum absolute atomic E-state index is 0. The number of nitrogens with one attached hydrogen (secondary N) is 6. The third-order valence-electron chi connectivity index (χ3n) is 22.1. The van der Waals surface area contributed by atoms with Crippen molar-refractivity contribution in [3.05, 3.63) is 229 Å². The van der Waals surface area contributed by atoms with Crippen molar-refractivity contribution >= 4 is 119 Å². The number of sulfone groups is 4. The Kier molecular flexibility index (Phi) is 25.6. The zero-order valence-corrected chi connectivity index (χ0v) is 72.4. The molecule has 7 N–H and O–H groups in total. The Bertz CT molecular complexity index is 6800. The van der Waals surface area contributed by atoms with Gasteiger partial charge >= 0.3 is 0 Å². The number of aliphatic hydroxyl groups is 1. The van der Waals surface area contributed by atoms with Crippen LogP contribution in [0.5, 0.6) is 0 Å². The van der Waals surface area contributed by atoms with E-state index in [1.54, 1.807) is 225 Å². The summed E-state index contributed by atoms with van der Waals surface area (Å²) in [6.45, 7) is 18.1. The number of benzene rings is 6. The predicted octanol–water partition coefficient (Wildman–Crippen LogP) is 14.8. The van der Waals surface area contributed by atoms with Crippen molar-refractivity contribution in [2.24, 2.45) is 11.8 Å². The van der Waals surface area contributed by atoms with E-state index in [4.69, 9.17) is 4.98 Å². The fraction of sp³-hybridized carbons (Fsp3) is 0.289. The second-order valence-corrected chi connectivity index (χ2v) is 41.8. The summed E-state index contributed by atoms with van der Waals surface area (Å²) in [4.78, 5) is 105. The fourth-order valence-electron chi connectivity index (χ4n) is 14.3. The van der Waals surface area contributed by atoms with E-state index >= 15 is 0 Å². The molecule has 2 aliphatic heterocycles. The summed E-state index contributed by atoms with van der Waals surface area (Å²) in [5.41, 5.74) is 14.3. The molecule has 29 nitrogen and oxygen atoms in total. The molecule has 1 unspecified atom stereocenters. The monoisotopic (exact) mass is 1740 g/mol. The van der Waals surface area contributed by atoms with E-state index in [2.05, 4.69) is 78.4 Å². The Morgan fingerprint density at radius 1 is 0.455 bits per heavy atom. The van der Waals surface area contributed by atoms with Crippen molar-refractivity contribution in [3.8, 4) is 45.0 Å². The third-order valence-corrected chi connectivity index (χ3v) is 30.8. The van der Waals surface area contributed by atoms with Gasteiger partial charge in [0.1, 0.15) is 22.1 Å². The minimum Gasteiger partial charge on any atom is -0.392 e. The average Bonchev–Trinajstić information content (AvgIpc) is 1.61. The molecule has 14 aromatic rings. The van der Waals surface area contributed by atoms with Crippen LogP contribution in [0, 0.1) is 11.8 Å². The highest BCUT2D eigenvalue weighted by Gasteiger charge is 2.31. The number of aliphatic hydroxyl groups excluding tert-OH is 1. The molecule has 2 fully saturated rings. The highest BCUT2D eigenvalue weighted by Crippen LogP contribution is 2.34. The second kappa shape index (κ2) is 36.2. The Morgan fingerprint density at radius 2 is 0.837 bits per heavy atom. The lowest BCUT2D eigenvalue weighted by molar-refractivity contribution is 0.0789. The molecule has 638 valence electrons. The van der Waals surface area contributed by atoms with Crippen LogP contribution in [-0.2, 0) is 52.4 Å². The van der Waals surface area contributed by atoms with Crippen molar-refractivity contribution in [1.29, 1.82) is 0 Å². The van der Waals surface area contributed by atoms with Crippen LogP contribution in [0.1, 0.15) is 148 Å². The van der Waals surface area contributed by atoms with Gasteiger partial charge in [-0.25, -0.2) is 73.5 Å². The first-order valence-corrected chi connectivity index (χ1v) is 46.7. The van der Waals surface area contributed by atoms with Crippen molar-refractivity contribution in [2.75, 3.05) is 36.4 Å². The van der Waals surface area contributed by atoms with Crippen LogP contribution in [0.15, 0.2) is 215 Å². The summed E-state index contributed by atoms with van der Waals surface area (Å²) >= 11 is 0. The molecule has 8 aromatic heterocycles. The number of amides is 4. The first-order valence-electron chi connectivity index (χ1n) is 40.5. The molecule has 1 aliphatic carbocycles. The fourth-order valence-corrected chi connectivity index (χ4v) is 18.5. The number of para-hydroxylation sites is 1. The molecular weight excluding hydrogens is 1640 g/mol. The van der Waals surface area contributed by atoms with Crippen LogP contribution in [0.2, 0.25) is 0 Å². The molecule has 1 saturated heterocycles. The molecule has 1 saturated carbocycles. The number of H-pyrrole nitrogens is 4. The maximum Gasteiger partial charge on any atom is 0.262 e. The van der Waals surface area contributed by atoms with Crippen molar-refractivity contribution in [2.45, 2.75) is 148 Å². The second-order valence-electron chi connectivity index (χ2n) is 31.7. The number of aromatic nitrogens is 12. The molecule has 0 radical (unpaired) electrons. The number of anilines is 2. The number of fused-ring (bicyclic) bond motifs is 5. The molecule has 10 heterocycles. The quantitative estimate of drug-likeness (QED) is 0.0372. The molecule has 17 rings (SSSR count). The molecule has 0 bridgehead atoms. The van der Waals surface area contributed by atoms with E-state index in [1.165, 1.54) is 31.0 Å². The van der Waals surface area contributed by atoms with Crippen LogP contribution in [0.3, 0.4) is 0 Å². The number of aryl methyl sites for hydroxylation is 1. The van der Waals surface area contributed by atoms with Gasteiger partial charge in [0.05, 0.1) is 117 Å². The van der Waals surface area contributed by atoms with Gasteiger partial charge in [0.15, 0.2) is 61.9 Å². The SMILES string of the molecule is CC(C)S(=O)(=O)c1ccc(-c2cnc3[nH]cc(C(=O)N4CCCc5ccccc54)c3n2)cc1.CC(C)S(=O)(=O)c1ccc(-c2cnc3[nH]cc(C(=O)NCC4CCC4)c3n2)cc1.CC(C)S(=O)(=O)c1ccc(-c2cnc3[nH]cc(C(=O)Nc4cccc(CO)c4)c3n2)cc1.CC1CCN(C(=O)c2c[nH]c3ncc(-c4ccc(S(=O)(=O)C(C)C)cc4)nc23)C1.[HH]. The summed E-state index contributed by atoms with van der Waals surface area (Å²) < 4.78 is 98.7. The number of carbonyl (C=O) groups is 4. The molecule has 3 aliphatic rings. The van der Waals surface area contributed by atoms with Gasteiger partial charge in [0.2, 0.25) is 0 Å². The minimum atomic E-state index is -3.36. The first kappa shape index (κ1) is 86.8. The lowest BCUT2D eigenvalue weighted by atomic mass is 9.85. The van der Waals surface area contributed by atoms with Crippen LogP contribution in [0.4, 0.5) is 11.4 Å². The summed E-state index contributed by atoms with van der Waals surface area (Å²) in [5, 5.41) is 13.1. The smallest absolute Gasteiger partial charge is 0.262 e. The molecule has 4 amide bonds. The largest absolute Gasteiger partial charge is 0.392 e. The standard InChI is InChI=1S/C25H24N4O3S.C23H22N4O4S.2C21H24N4O3S.H2/c1-16(2)33(31,32)19-11-9-17(10-12-19)21-15-27-24-23(28-21)20(14-26-24)25(30)29-13-5-7-18-6-3-4-8-22(18)29;1-14(2)32(30,31)18-8-6-16(7-9-18)20-12-25-22-21(27-20)19(11-24-22)23(29)26-17-5-3-4-15(10-17)13-28;1-13(2)29(27,28)16-6-4-15(5-7-16)18-11-23-20-19(24-18)17(10-22-20)21(26)25-9-8-14(3)12-25;1-13(2)29(27,28)16-8-6-15(7-9-16)18-12-23-20-19(25-18)17(11-22-20)21(26)24-10-14-4-3-5-14;/h3-4,6,8-12,14-16H,5,7,13H2,1-2H3,(H,26,27);3-12,14,28H,13H2,1-2H3,(H,24,25)(H,26,29);4-7,10-11,13-14H,8-9,12H2,1-3H3,(H,22,23);6-9,11-14H,3-5,10H2,1-2H3,(H,22,23)(H,24,26);1H. The predicted molar refractivity (Wildman–Crippen MR) is 475 cm³/mol. The van der Waals surface area contributed by atoms with Gasteiger partial charge < -0.3 is 45.5 Å². The first-order chi connectivity index (χ1) is 58.8. The number of hydrogen-bond donors (Lipinski definition) is 7. The van der Waals surface area contributed by atoms with E-state index < -0.39 is 60.3 Å². The summed E-state index contributed by atoms with van der Waals surface area (Å²) in [7, 11) is -13.4. The number of nitrogens with zero attached hydrogens (tertiary/aromatic N) is 10. The van der Waals surface area contributed by atoms with E-state index in [1.807, 2.05) is 23.1 Å². The number of rotatable bonds is 20. The Labute approximate surface area is 713 Å². The van der Waals surface area contributed by atoms with Crippen LogP contribution < -0.4 is 15.5 Å².